The second-order valence-electron chi connectivity index (χ2n) is 2.83. The maximum absolute atomic E-state index is 10.8. The van der Waals surface area contributed by atoms with Crippen molar-refractivity contribution in [1.82, 2.24) is 5.32 Å². The van der Waals surface area contributed by atoms with Gasteiger partial charge in [0.1, 0.15) is 12.4 Å². The Labute approximate surface area is 96.9 Å². The van der Waals surface area contributed by atoms with Gasteiger partial charge in [0, 0.05) is 0 Å². The molecular weight excluding hydrogens is 260 g/mol. The molecule has 1 aromatic rings. The molecule has 1 rings (SSSR count). The van der Waals surface area contributed by atoms with E-state index in [-0.39, 0.29) is 12.5 Å². The van der Waals surface area contributed by atoms with Crippen molar-refractivity contribution in [1.29, 1.82) is 0 Å². The van der Waals surface area contributed by atoms with Gasteiger partial charge in [-0.05, 0) is 28.1 Å². The van der Waals surface area contributed by atoms with Gasteiger partial charge in [-0.25, -0.2) is 0 Å². The van der Waals surface area contributed by atoms with Gasteiger partial charge in [-0.1, -0.05) is 12.1 Å². The molecule has 0 aliphatic heterocycles. The molecule has 0 bridgehead atoms. The second kappa shape index (κ2) is 6.42. The number of para-hydroxylation sites is 1. The van der Waals surface area contributed by atoms with Crippen molar-refractivity contribution < 1.29 is 9.53 Å². The number of nitrogens with one attached hydrogen (secondary N) is 1. The molecule has 0 saturated heterocycles. The molecule has 15 heavy (non-hydrogen) atoms. The van der Waals surface area contributed by atoms with Crippen LogP contribution in [0.25, 0.3) is 0 Å². The molecule has 0 unspecified atom stereocenters. The highest BCUT2D eigenvalue weighted by atomic mass is 79.9. The minimum absolute atomic E-state index is 0.00896. The van der Waals surface area contributed by atoms with Gasteiger partial charge in [-0.15, -0.1) is 0 Å². The number of carbonyl (C=O) groups excluding carboxylic acids is 1. The zero-order valence-corrected chi connectivity index (χ0v) is 9.79. The Hall–Kier alpha value is -1.07. The number of halogens is 1. The molecule has 0 atom stereocenters. The van der Waals surface area contributed by atoms with E-state index in [2.05, 4.69) is 21.2 Å². The predicted molar refractivity (Wildman–Crippen MR) is 61.7 cm³/mol. The third kappa shape index (κ3) is 4.31. The van der Waals surface area contributed by atoms with Crippen molar-refractivity contribution in [2.24, 2.45) is 5.73 Å². The monoisotopic (exact) mass is 272 g/mol. The number of hydrogen-bond acceptors (Lipinski definition) is 3. The van der Waals surface area contributed by atoms with E-state index in [4.69, 9.17) is 10.5 Å². The molecule has 3 N–H and O–H groups in total. The molecule has 0 heterocycles. The van der Waals surface area contributed by atoms with Crippen molar-refractivity contribution in [2.45, 2.75) is 0 Å². The molecule has 0 radical (unpaired) electrons. The Bertz CT molecular complexity index is 331. The Morgan fingerprint density at radius 2 is 2.20 bits per heavy atom. The summed E-state index contributed by atoms with van der Waals surface area (Å²) in [4.78, 5) is 10.8. The summed E-state index contributed by atoms with van der Waals surface area (Å²) < 4.78 is 6.33. The van der Waals surface area contributed by atoms with E-state index in [0.717, 1.165) is 10.2 Å². The quantitative estimate of drug-likeness (QED) is 0.783. The van der Waals surface area contributed by atoms with Crippen LogP contribution in [0.5, 0.6) is 5.75 Å². The lowest BCUT2D eigenvalue weighted by Gasteiger charge is -2.08. The summed E-state index contributed by atoms with van der Waals surface area (Å²) in [6, 6.07) is 7.55. The number of nitrogens with two attached hydrogens (primary N) is 1. The third-order valence-corrected chi connectivity index (χ3v) is 2.36. The van der Waals surface area contributed by atoms with Crippen LogP contribution in [-0.2, 0) is 4.79 Å². The number of rotatable bonds is 5. The summed E-state index contributed by atoms with van der Waals surface area (Å²) in [6.07, 6.45) is 0. The zero-order chi connectivity index (χ0) is 11.1. The van der Waals surface area contributed by atoms with Crippen LogP contribution >= 0.6 is 15.9 Å². The normalized spacial score (nSPS) is 9.73. The van der Waals surface area contributed by atoms with Gasteiger partial charge in [0.15, 0.2) is 0 Å². The summed E-state index contributed by atoms with van der Waals surface area (Å²) in [6.45, 7) is 0.890. The molecule has 0 fully saturated rings. The lowest BCUT2D eigenvalue weighted by Crippen LogP contribution is -2.33. The summed E-state index contributed by atoms with van der Waals surface area (Å²) >= 11 is 3.36. The Morgan fingerprint density at radius 1 is 1.47 bits per heavy atom. The molecule has 1 aromatic carbocycles. The average molecular weight is 273 g/mol. The van der Waals surface area contributed by atoms with Gasteiger partial charge in [0.2, 0.25) is 5.91 Å². The fraction of sp³-hybridized carbons (Fsp3) is 0.300. The van der Waals surface area contributed by atoms with Gasteiger partial charge in [0.25, 0.3) is 0 Å². The average Bonchev–Trinajstić information content (AvgIpc) is 2.26. The fourth-order valence-electron chi connectivity index (χ4n) is 0.985. The van der Waals surface area contributed by atoms with Crippen molar-refractivity contribution in [3.63, 3.8) is 0 Å². The molecule has 0 saturated carbocycles. The van der Waals surface area contributed by atoms with E-state index in [0.29, 0.717) is 13.2 Å². The zero-order valence-electron chi connectivity index (χ0n) is 8.20. The summed E-state index contributed by atoms with van der Waals surface area (Å²) in [7, 11) is 0. The number of hydrogen-bond donors (Lipinski definition) is 2. The molecule has 0 aliphatic rings. The molecule has 0 spiro atoms. The van der Waals surface area contributed by atoms with Crippen molar-refractivity contribution in [3.05, 3.63) is 28.7 Å². The first-order valence-electron chi connectivity index (χ1n) is 4.58. The van der Waals surface area contributed by atoms with Crippen LogP contribution in [-0.4, -0.2) is 25.6 Å². The first-order chi connectivity index (χ1) is 7.24. The van der Waals surface area contributed by atoms with E-state index in [1.54, 1.807) is 0 Å². The summed E-state index contributed by atoms with van der Waals surface area (Å²) in [5, 5.41) is 2.62. The van der Waals surface area contributed by atoms with E-state index < -0.39 is 0 Å². The Morgan fingerprint density at radius 3 is 2.87 bits per heavy atom. The highest BCUT2D eigenvalue weighted by Gasteiger charge is 1.99. The maximum Gasteiger partial charge on any atom is 0.233 e. The molecule has 4 nitrogen and oxygen atoms in total. The molecule has 1 amide bonds. The molecule has 5 heteroatoms. The first-order valence-corrected chi connectivity index (χ1v) is 5.37. The van der Waals surface area contributed by atoms with Gasteiger partial charge < -0.3 is 15.8 Å². The summed E-state index contributed by atoms with van der Waals surface area (Å²) in [5.74, 6) is 0.588. The van der Waals surface area contributed by atoms with Crippen LogP contribution in [0.4, 0.5) is 0 Å². The molecule has 82 valence electrons. The topological polar surface area (TPSA) is 64.4 Å². The van der Waals surface area contributed by atoms with E-state index >= 15 is 0 Å². The van der Waals surface area contributed by atoms with Crippen LogP contribution < -0.4 is 15.8 Å². The number of ether oxygens (including phenoxy) is 1. The predicted octanol–water partition coefficient (Wildman–Crippen LogP) is 0.903. The van der Waals surface area contributed by atoms with Crippen LogP contribution in [0.15, 0.2) is 28.7 Å². The maximum atomic E-state index is 10.8. The highest BCUT2D eigenvalue weighted by Crippen LogP contribution is 2.23. The van der Waals surface area contributed by atoms with Crippen LogP contribution in [0.2, 0.25) is 0 Å². The van der Waals surface area contributed by atoms with Gasteiger partial charge >= 0.3 is 0 Å². The number of amides is 1. The third-order valence-electron chi connectivity index (χ3n) is 1.70. The van der Waals surface area contributed by atoms with Crippen LogP contribution in [0.3, 0.4) is 0 Å². The van der Waals surface area contributed by atoms with E-state index in [1.807, 2.05) is 24.3 Å². The number of benzene rings is 1. The van der Waals surface area contributed by atoms with Crippen molar-refractivity contribution >= 4 is 21.8 Å². The highest BCUT2D eigenvalue weighted by molar-refractivity contribution is 9.10. The van der Waals surface area contributed by atoms with Gasteiger partial charge in [0.05, 0.1) is 17.6 Å². The smallest absolute Gasteiger partial charge is 0.233 e. The van der Waals surface area contributed by atoms with Gasteiger partial charge in [-0.3, -0.25) is 4.79 Å². The van der Waals surface area contributed by atoms with Crippen LogP contribution in [0.1, 0.15) is 0 Å². The fourth-order valence-corrected chi connectivity index (χ4v) is 1.38. The molecule has 0 aliphatic carbocycles. The van der Waals surface area contributed by atoms with E-state index in [1.165, 1.54) is 0 Å². The lowest BCUT2D eigenvalue weighted by atomic mass is 10.3. The van der Waals surface area contributed by atoms with E-state index in [9.17, 15) is 4.79 Å². The Kier molecular flexibility index (Phi) is 5.14. The summed E-state index contributed by atoms with van der Waals surface area (Å²) in [5.41, 5.74) is 5.13. The molecular formula is C10H13BrN2O2. The van der Waals surface area contributed by atoms with Gasteiger partial charge in [-0.2, -0.15) is 0 Å². The Balaban J connectivity index is 2.26. The number of carbonyl (C=O) groups is 1. The van der Waals surface area contributed by atoms with Crippen LogP contribution in [0, 0.1) is 0 Å². The standard InChI is InChI=1S/C10H13BrN2O2/c11-8-3-1-2-4-9(8)15-6-5-13-10(14)7-12/h1-4H,5-7,12H2,(H,13,14). The minimum atomic E-state index is -0.175. The van der Waals surface area contributed by atoms with Crippen molar-refractivity contribution in [2.75, 3.05) is 19.7 Å². The molecule has 0 aromatic heterocycles. The second-order valence-corrected chi connectivity index (χ2v) is 3.69. The SMILES string of the molecule is NCC(=O)NCCOc1ccccc1Br. The first kappa shape index (κ1) is 12.0. The largest absolute Gasteiger partial charge is 0.491 e. The minimum Gasteiger partial charge on any atom is -0.491 e. The van der Waals surface area contributed by atoms with Crippen molar-refractivity contribution in [3.8, 4) is 5.75 Å². The lowest BCUT2D eigenvalue weighted by molar-refractivity contribution is -0.119.